The van der Waals surface area contributed by atoms with Gasteiger partial charge in [-0.15, -0.1) is 32.8 Å². The minimum atomic E-state index is -0.744. The Morgan fingerprint density at radius 2 is 0.768 bits per heavy atom. The number of aromatic nitrogens is 3. The van der Waals surface area contributed by atoms with Gasteiger partial charge in [-0.1, -0.05) is 119 Å². The predicted octanol–water partition coefficient (Wildman–Crippen LogP) is -1.86. The highest BCUT2D eigenvalue weighted by Crippen LogP contribution is 2.58. The van der Waals surface area contributed by atoms with Crippen molar-refractivity contribution in [2.24, 2.45) is 0 Å². The molecule has 2 heterocycles. The molecular weight excluding hydrogens is 687 g/mol. The summed E-state index contributed by atoms with van der Waals surface area (Å²) in [6.07, 6.45) is 4.31. The van der Waals surface area contributed by atoms with Crippen molar-refractivity contribution in [1.82, 2.24) is 15.0 Å². The molecule has 0 saturated heterocycles. The van der Waals surface area contributed by atoms with E-state index in [0.29, 0.717) is 5.56 Å². The molecule has 3 nitrogen and oxygen atoms in total. The zero-order valence-corrected chi connectivity index (χ0v) is 30.7. The standard InChI is InChI=1S/C42H17B10N3S/c43-29-27(30(44)34(48)37(51)33(29)47)40-53-39(54-41(55-40)28-31(45)35(49)38(52)36(50)32(28)46)20-16-15-19-14-13-18-7-1-2-8-21(18)42(24(19)17-20)22-9-3-5-11-25(22)56-26-12-6-4-10-23(26)42/h1-17H. The maximum atomic E-state index is 6.57. The normalized spacial score (nSPS) is 13.4. The average molecular weight is 704 g/mol. The lowest BCUT2D eigenvalue weighted by Crippen LogP contribution is -2.55. The van der Waals surface area contributed by atoms with Gasteiger partial charge in [0.1, 0.15) is 78.5 Å². The highest BCUT2D eigenvalue weighted by Gasteiger charge is 2.47. The third-order valence-corrected chi connectivity index (χ3v) is 12.0. The van der Waals surface area contributed by atoms with Gasteiger partial charge in [0.25, 0.3) is 0 Å². The summed E-state index contributed by atoms with van der Waals surface area (Å²) in [5.41, 5.74) is 7.08. The first-order valence-corrected chi connectivity index (χ1v) is 18.3. The lowest BCUT2D eigenvalue weighted by molar-refractivity contribution is 0.701. The van der Waals surface area contributed by atoms with Crippen LogP contribution in [0.5, 0.6) is 0 Å². The number of fused-ring (bicyclic) bond motifs is 8. The lowest BCUT2D eigenvalue weighted by atomic mass is 9.60. The smallest absolute Gasteiger partial charge is 0.164 e. The van der Waals surface area contributed by atoms with E-state index in [2.05, 4.69) is 97.1 Å². The molecule has 20 radical (unpaired) electrons. The molecule has 56 heavy (non-hydrogen) atoms. The number of nitrogens with zero attached hydrogens (tertiary/aromatic N) is 3. The number of rotatable bonds is 3. The van der Waals surface area contributed by atoms with Crippen molar-refractivity contribution in [1.29, 1.82) is 0 Å². The monoisotopic (exact) mass is 705 g/mol. The molecule has 0 unspecified atom stereocenters. The SMILES string of the molecule is [B]c1c([B])c([B])c(-c2nc(-c3ccc4c(c3)C3(c5ccccc5C=C4)c4ccccc4Sc4ccccc43)nc(-c3c([B])c([B])c([B])c([B])c3[B])n2)c([B])c1[B]. The molecule has 0 N–H and O–H groups in total. The molecule has 1 spiro atoms. The van der Waals surface area contributed by atoms with Crippen molar-refractivity contribution < 1.29 is 0 Å². The van der Waals surface area contributed by atoms with Crippen LogP contribution in [-0.4, -0.2) is 93.4 Å². The van der Waals surface area contributed by atoms with Crippen molar-refractivity contribution in [3.63, 3.8) is 0 Å². The van der Waals surface area contributed by atoms with Gasteiger partial charge in [-0.3, -0.25) is 0 Å². The summed E-state index contributed by atoms with van der Waals surface area (Å²) in [6, 6.07) is 31.7. The van der Waals surface area contributed by atoms with Gasteiger partial charge >= 0.3 is 0 Å². The van der Waals surface area contributed by atoms with Crippen molar-refractivity contribution >= 4 is 157 Å². The van der Waals surface area contributed by atoms with Crippen molar-refractivity contribution in [2.75, 3.05) is 0 Å². The second-order valence-corrected chi connectivity index (χ2v) is 14.8. The second-order valence-electron chi connectivity index (χ2n) is 13.8. The van der Waals surface area contributed by atoms with Gasteiger partial charge in [0, 0.05) is 26.5 Å². The summed E-state index contributed by atoms with van der Waals surface area (Å²) in [7, 11) is 63.9. The van der Waals surface area contributed by atoms with Crippen LogP contribution in [0.15, 0.2) is 101 Å². The maximum Gasteiger partial charge on any atom is 0.164 e. The fraction of sp³-hybridized carbons (Fsp3) is 0.0238. The minimum Gasteiger partial charge on any atom is -0.208 e. The first kappa shape index (κ1) is 36.7. The molecule has 7 aromatic rings. The summed E-state index contributed by atoms with van der Waals surface area (Å²) < 4.78 is 0. The highest BCUT2D eigenvalue weighted by atomic mass is 32.2. The Morgan fingerprint density at radius 3 is 1.27 bits per heavy atom. The number of benzene rings is 6. The van der Waals surface area contributed by atoms with E-state index in [9.17, 15) is 0 Å². The zero-order valence-electron chi connectivity index (χ0n) is 29.8. The van der Waals surface area contributed by atoms with Gasteiger partial charge < -0.3 is 0 Å². The zero-order chi connectivity index (χ0) is 39.2. The Hall–Kier alpha value is -4.93. The van der Waals surface area contributed by atoms with Crippen LogP contribution in [0.4, 0.5) is 0 Å². The Labute approximate surface area is 343 Å². The predicted molar refractivity (Wildman–Crippen MR) is 241 cm³/mol. The van der Waals surface area contributed by atoms with Crippen LogP contribution in [0.1, 0.15) is 33.4 Å². The molecule has 0 saturated carbocycles. The Morgan fingerprint density at radius 1 is 0.375 bits per heavy atom. The van der Waals surface area contributed by atoms with Gasteiger partial charge in [-0.05, 0) is 51.6 Å². The van der Waals surface area contributed by atoms with Gasteiger partial charge in [0.05, 0.1) is 5.41 Å². The minimum absolute atomic E-state index is 0.0279. The fourth-order valence-electron chi connectivity index (χ4n) is 7.96. The van der Waals surface area contributed by atoms with Gasteiger partial charge in [0.2, 0.25) is 0 Å². The third-order valence-electron chi connectivity index (χ3n) is 10.8. The first-order chi connectivity index (χ1) is 26.9. The average Bonchev–Trinajstić information content (AvgIpc) is 3.36. The van der Waals surface area contributed by atoms with Crippen LogP contribution in [0, 0.1) is 0 Å². The van der Waals surface area contributed by atoms with E-state index >= 15 is 0 Å². The van der Waals surface area contributed by atoms with Crippen molar-refractivity contribution in [3.8, 4) is 34.2 Å². The van der Waals surface area contributed by atoms with E-state index in [1.54, 1.807) is 11.8 Å². The quantitative estimate of drug-likeness (QED) is 0.203. The first-order valence-electron chi connectivity index (χ1n) is 17.5. The highest BCUT2D eigenvalue weighted by molar-refractivity contribution is 7.99. The summed E-state index contributed by atoms with van der Waals surface area (Å²) in [6.45, 7) is 0. The van der Waals surface area contributed by atoms with Crippen LogP contribution in [0.2, 0.25) is 0 Å². The molecule has 1 aromatic heterocycles. The van der Waals surface area contributed by atoms with E-state index < -0.39 is 5.41 Å². The Bertz CT molecular complexity index is 2690. The summed E-state index contributed by atoms with van der Waals surface area (Å²) in [4.78, 5) is 17.0. The van der Waals surface area contributed by atoms with Crippen LogP contribution >= 0.6 is 11.8 Å². The van der Waals surface area contributed by atoms with Gasteiger partial charge in [-0.2, -0.15) is 0 Å². The summed E-state index contributed by atoms with van der Waals surface area (Å²) in [5, 5.41) is 0. The second kappa shape index (κ2) is 13.6. The van der Waals surface area contributed by atoms with E-state index in [-0.39, 0.29) is 83.2 Å². The van der Waals surface area contributed by atoms with Crippen LogP contribution in [0.3, 0.4) is 0 Å². The molecule has 6 aromatic carbocycles. The molecule has 0 fully saturated rings. The van der Waals surface area contributed by atoms with Crippen LogP contribution < -0.4 is 54.6 Å². The third kappa shape index (κ3) is 5.31. The topological polar surface area (TPSA) is 38.7 Å². The molecule has 236 valence electrons. The molecule has 1 aliphatic heterocycles. The molecule has 1 aliphatic carbocycles. The molecule has 0 bridgehead atoms. The van der Waals surface area contributed by atoms with Gasteiger partial charge in [0.15, 0.2) is 17.5 Å². The molecule has 0 atom stereocenters. The maximum absolute atomic E-state index is 6.57. The number of hydrogen-bond donors (Lipinski definition) is 0. The molecular formula is C42H17B10N3S. The van der Waals surface area contributed by atoms with Crippen LogP contribution in [-0.2, 0) is 5.41 Å². The van der Waals surface area contributed by atoms with E-state index in [0.717, 1.165) is 43.2 Å². The fourth-order valence-corrected chi connectivity index (χ4v) is 9.15. The Kier molecular flexibility index (Phi) is 8.93. The van der Waals surface area contributed by atoms with Gasteiger partial charge in [-0.25, -0.2) is 15.0 Å². The summed E-state index contributed by atoms with van der Waals surface area (Å²) in [5.74, 6) is 0.299. The number of hydrogen-bond acceptors (Lipinski definition) is 4. The largest absolute Gasteiger partial charge is 0.208 e. The molecule has 14 heteroatoms. The molecule has 2 aliphatic rings. The molecule has 9 rings (SSSR count). The van der Waals surface area contributed by atoms with Crippen molar-refractivity contribution in [3.05, 3.63) is 124 Å². The van der Waals surface area contributed by atoms with E-state index in [4.69, 9.17) is 93.4 Å². The van der Waals surface area contributed by atoms with E-state index in [1.165, 1.54) is 0 Å². The Balaban J connectivity index is 1.39. The summed E-state index contributed by atoms with van der Waals surface area (Å²) >= 11 is 1.76. The van der Waals surface area contributed by atoms with Crippen molar-refractivity contribution in [2.45, 2.75) is 15.2 Å². The van der Waals surface area contributed by atoms with Crippen LogP contribution in [0.25, 0.3) is 46.3 Å². The lowest BCUT2D eigenvalue weighted by Gasteiger charge is -2.42. The molecule has 0 amide bonds. The van der Waals surface area contributed by atoms with E-state index in [1.807, 2.05) is 6.07 Å².